The van der Waals surface area contributed by atoms with Gasteiger partial charge in [-0.25, -0.2) is 4.98 Å². The van der Waals surface area contributed by atoms with Gasteiger partial charge < -0.3 is 10.6 Å². The normalized spacial score (nSPS) is 13.9. The molecule has 3 rings (SSSR count). The lowest BCUT2D eigenvalue weighted by atomic mass is 10.1. The molecule has 8 heteroatoms. The predicted molar refractivity (Wildman–Crippen MR) is 115 cm³/mol. The zero-order chi connectivity index (χ0) is 20.8. The topological polar surface area (TPSA) is 86.7 Å². The maximum absolute atomic E-state index is 12.3. The number of carbonyl (C=O) groups excluding carboxylic acids is 2. The summed E-state index contributed by atoms with van der Waals surface area (Å²) in [6, 6.07) is 6.98. The van der Waals surface area contributed by atoms with Gasteiger partial charge in [0, 0.05) is 25.5 Å². The van der Waals surface area contributed by atoms with Crippen LogP contribution in [0.5, 0.6) is 0 Å². The number of imide groups is 1. The molecule has 154 valence electrons. The van der Waals surface area contributed by atoms with Crippen molar-refractivity contribution >= 4 is 29.1 Å². The Labute approximate surface area is 175 Å². The number of rotatable bonds is 8. The van der Waals surface area contributed by atoms with Crippen LogP contribution in [-0.4, -0.2) is 47.8 Å². The molecule has 0 bridgehead atoms. The van der Waals surface area contributed by atoms with Gasteiger partial charge in [0.25, 0.3) is 11.8 Å². The zero-order valence-electron chi connectivity index (χ0n) is 17.1. The second kappa shape index (κ2) is 9.65. The molecule has 7 nitrogen and oxygen atoms in total. The summed E-state index contributed by atoms with van der Waals surface area (Å²) in [5.41, 5.74) is 2.12. The van der Waals surface area contributed by atoms with Crippen molar-refractivity contribution in [1.29, 1.82) is 0 Å². The van der Waals surface area contributed by atoms with E-state index < -0.39 is 0 Å². The van der Waals surface area contributed by atoms with Gasteiger partial charge in [-0.1, -0.05) is 26.0 Å². The highest BCUT2D eigenvalue weighted by molar-refractivity contribution is 7.09. The van der Waals surface area contributed by atoms with Gasteiger partial charge in [-0.15, -0.1) is 11.3 Å². The zero-order valence-corrected chi connectivity index (χ0v) is 17.9. The average Bonchev–Trinajstić information content (AvgIpc) is 3.29. The number of hydrogen-bond donors (Lipinski definition) is 2. The van der Waals surface area contributed by atoms with Crippen molar-refractivity contribution in [2.75, 3.05) is 20.1 Å². The largest absolute Gasteiger partial charge is 0.356 e. The summed E-state index contributed by atoms with van der Waals surface area (Å²) in [5.74, 6) is 0.757. The number of hydrogen-bond acceptors (Lipinski definition) is 5. The highest BCUT2D eigenvalue weighted by atomic mass is 32.1. The first-order valence-electron chi connectivity index (χ1n) is 9.85. The van der Waals surface area contributed by atoms with E-state index in [2.05, 4.69) is 39.8 Å². The molecule has 2 N–H and O–H groups in total. The molecule has 0 saturated carbocycles. The Balaban J connectivity index is 1.37. The van der Waals surface area contributed by atoms with Crippen LogP contribution in [0.25, 0.3) is 0 Å². The molecule has 2 heterocycles. The number of nitrogens with one attached hydrogen (secondary N) is 2. The molecule has 2 amide bonds. The first kappa shape index (κ1) is 21.0. The fourth-order valence-electron chi connectivity index (χ4n) is 3.10. The third-order valence-electron chi connectivity index (χ3n) is 4.77. The molecule has 29 heavy (non-hydrogen) atoms. The van der Waals surface area contributed by atoms with Crippen LogP contribution in [0.2, 0.25) is 0 Å². The number of thiazole rings is 1. The van der Waals surface area contributed by atoms with E-state index in [1.807, 2.05) is 0 Å². The second-order valence-corrected chi connectivity index (χ2v) is 8.13. The summed E-state index contributed by atoms with van der Waals surface area (Å²) in [6.07, 6.45) is 1.56. The van der Waals surface area contributed by atoms with Crippen LogP contribution in [0.4, 0.5) is 0 Å². The van der Waals surface area contributed by atoms with Gasteiger partial charge in [0.2, 0.25) is 0 Å². The molecule has 2 aromatic rings. The van der Waals surface area contributed by atoms with E-state index in [0.717, 1.165) is 23.5 Å². The van der Waals surface area contributed by atoms with Crippen molar-refractivity contribution in [2.45, 2.75) is 39.2 Å². The third-order valence-corrected chi connectivity index (χ3v) is 5.64. The maximum Gasteiger partial charge on any atom is 0.261 e. The maximum atomic E-state index is 12.3. The highest BCUT2D eigenvalue weighted by Gasteiger charge is 2.34. The van der Waals surface area contributed by atoms with Gasteiger partial charge in [0.05, 0.1) is 23.4 Å². The number of nitrogens with zero attached hydrogens (tertiary/aromatic N) is 3. The number of guanidine groups is 1. The molecule has 1 aromatic carbocycles. The fourth-order valence-corrected chi connectivity index (χ4v) is 3.99. The van der Waals surface area contributed by atoms with E-state index in [-0.39, 0.29) is 11.8 Å². The third kappa shape index (κ3) is 5.00. The Bertz CT molecular complexity index is 871. The second-order valence-electron chi connectivity index (χ2n) is 7.19. The standard InChI is InChI=1S/C21H27N5O2S/c1-14(2)17-13-29-18(25-17)12-24-21(22-3)23-10-6-7-11-26-19(27)15-8-4-5-9-16(15)20(26)28/h4-5,8-9,13-14H,6-7,10-12H2,1-3H3,(H2,22,23,24). The van der Waals surface area contributed by atoms with Crippen molar-refractivity contribution in [2.24, 2.45) is 4.99 Å². The number of aliphatic imine (C=N–C) groups is 1. The molecule has 0 spiro atoms. The summed E-state index contributed by atoms with van der Waals surface area (Å²) in [4.78, 5) is 34.9. The van der Waals surface area contributed by atoms with Gasteiger partial charge >= 0.3 is 0 Å². The van der Waals surface area contributed by atoms with Gasteiger partial charge in [0.1, 0.15) is 5.01 Å². The quantitative estimate of drug-likeness (QED) is 0.301. The van der Waals surface area contributed by atoms with Crippen molar-refractivity contribution in [3.63, 3.8) is 0 Å². The minimum atomic E-state index is -0.194. The number of unbranched alkanes of at least 4 members (excludes halogenated alkanes) is 1. The summed E-state index contributed by atoms with van der Waals surface area (Å²) in [7, 11) is 1.73. The minimum Gasteiger partial charge on any atom is -0.356 e. The molecule has 1 aliphatic rings. The molecule has 0 aliphatic carbocycles. The first-order valence-corrected chi connectivity index (χ1v) is 10.7. The monoisotopic (exact) mass is 413 g/mol. The highest BCUT2D eigenvalue weighted by Crippen LogP contribution is 2.22. The Morgan fingerprint density at radius 2 is 1.83 bits per heavy atom. The van der Waals surface area contributed by atoms with Gasteiger partial charge in [-0.3, -0.25) is 19.5 Å². The Kier molecular flexibility index (Phi) is 6.98. The Morgan fingerprint density at radius 3 is 2.41 bits per heavy atom. The van der Waals surface area contributed by atoms with Gasteiger partial charge in [0.15, 0.2) is 5.96 Å². The van der Waals surface area contributed by atoms with Crippen molar-refractivity contribution in [1.82, 2.24) is 20.5 Å². The molecule has 1 aliphatic heterocycles. The van der Waals surface area contributed by atoms with E-state index in [9.17, 15) is 9.59 Å². The van der Waals surface area contributed by atoms with Crippen molar-refractivity contribution in [3.8, 4) is 0 Å². The van der Waals surface area contributed by atoms with Crippen LogP contribution in [0.3, 0.4) is 0 Å². The molecule has 0 atom stereocenters. The van der Waals surface area contributed by atoms with Crippen molar-refractivity contribution < 1.29 is 9.59 Å². The lowest BCUT2D eigenvalue weighted by Gasteiger charge is -2.14. The van der Waals surface area contributed by atoms with Crippen LogP contribution >= 0.6 is 11.3 Å². The molecule has 0 saturated heterocycles. The van der Waals surface area contributed by atoms with E-state index in [1.165, 1.54) is 4.90 Å². The van der Waals surface area contributed by atoms with Crippen LogP contribution in [0.1, 0.15) is 64.0 Å². The number of benzene rings is 1. The van der Waals surface area contributed by atoms with E-state index in [1.54, 1.807) is 42.6 Å². The van der Waals surface area contributed by atoms with Crippen molar-refractivity contribution in [3.05, 3.63) is 51.5 Å². The smallest absolute Gasteiger partial charge is 0.261 e. The Hall–Kier alpha value is -2.74. The summed E-state index contributed by atoms with van der Waals surface area (Å²) in [5, 5.41) is 9.65. The van der Waals surface area contributed by atoms with E-state index >= 15 is 0 Å². The predicted octanol–water partition coefficient (Wildman–Crippen LogP) is 3.01. The van der Waals surface area contributed by atoms with Crippen LogP contribution < -0.4 is 10.6 Å². The van der Waals surface area contributed by atoms with E-state index in [0.29, 0.717) is 42.6 Å². The summed E-state index contributed by atoms with van der Waals surface area (Å²) in [6.45, 7) is 6.03. The minimum absolute atomic E-state index is 0.194. The molecule has 1 aromatic heterocycles. The molecule has 0 unspecified atom stereocenters. The number of fused-ring (bicyclic) bond motifs is 1. The van der Waals surface area contributed by atoms with Crippen LogP contribution in [0, 0.1) is 0 Å². The lowest BCUT2D eigenvalue weighted by molar-refractivity contribution is 0.0652. The summed E-state index contributed by atoms with van der Waals surface area (Å²) < 4.78 is 0. The molecule has 0 fully saturated rings. The van der Waals surface area contributed by atoms with E-state index in [4.69, 9.17) is 0 Å². The number of amides is 2. The number of aromatic nitrogens is 1. The Morgan fingerprint density at radius 1 is 1.14 bits per heavy atom. The molecular weight excluding hydrogens is 386 g/mol. The SMILES string of the molecule is CN=C(NCCCCN1C(=O)c2ccccc2C1=O)NCc1nc(C(C)C)cs1. The van der Waals surface area contributed by atoms with Crippen LogP contribution in [0.15, 0.2) is 34.6 Å². The lowest BCUT2D eigenvalue weighted by Crippen LogP contribution is -2.37. The molecule has 0 radical (unpaired) electrons. The molecular formula is C21H27N5O2S. The number of carbonyl (C=O) groups is 2. The van der Waals surface area contributed by atoms with Gasteiger partial charge in [-0.05, 0) is 30.9 Å². The van der Waals surface area contributed by atoms with Gasteiger partial charge in [-0.2, -0.15) is 0 Å². The fraction of sp³-hybridized carbons (Fsp3) is 0.429. The first-order chi connectivity index (χ1) is 14.0. The average molecular weight is 414 g/mol. The summed E-state index contributed by atoms with van der Waals surface area (Å²) >= 11 is 1.65. The van der Waals surface area contributed by atoms with Crippen LogP contribution in [-0.2, 0) is 6.54 Å².